The molecule has 2 aliphatic heterocycles. The van der Waals surface area contributed by atoms with Gasteiger partial charge in [-0.15, -0.1) is 0 Å². The molecule has 41 heavy (non-hydrogen) atoms. The van der Waals surface area contributed by atoms with Gasteiger partial charge in [0.05, 0.1) is 47.8 Å². The molecule has 9 nitrogen and oxygen atoms in total. The van der Waals surface area contributed by atoms with Crippen molar-refractivity contribution >= 4 is 33.6 Å². The molecule has 2 fully saturated rings. The Morgan fingerprint density at radius 3 is 2.80 bits per heavy atom. The maximum atomic E-state index is 14.0. The smallest absolute Gasteiger partial charge is 0.244 e. The lowest BCUT2D eigenvalue weighted by Gasteiger charge is -2.63. The molecule has 1 saturated carbocycles. The number of hydrogen-bond donors (Lipinski definition) is 2. The summed E-state index contributed by atoms with van der Waals surface area (Å²) in [5.41, 5.74) is 0.152. The quantitative estimate of drug-likeness (QED) is 0.417. The summed E-state index contributed by atoms with van der Waals surface area (Å²) in [6.45, 7) is 0.164. The number of rotatable bonds is 6. The van der Waals surface area contributed by atoms with Gasteiger partial charge in [-0.3, -0.25) is 4.79 Å². The van der Waals surface area contributed by atoms with Gasteiger partial charge in [0.1, 0.15) is 11.0 Å². The van der Waals surface area contributed by atoms with E-state index in [1.165, 1.54) is 22.7 Å². The Morgan fingerprint density at radius 1 is 1.22 bits per heavy atom. The fourth-order valence-electron chi connectivity index (χ4n) is 7.65. The third kappa shape index (κ3) is 3.67. The Kier molecular flexibility index (Phi) is 6.06. The highest BCUT2D eigenvalue weighted by Crippen LogP contribution is 2.66. The second kappa shape index (κ2) is 9.35. The number of amides is 1. The van der Waals surface area contributed by atoms with Crippen molar-refractivity contribution < 1.29 is 32.2 Å². The fourth-order valence-corrected chi connectivity index (χ4v) is 9.81. The molecule has 4 aliphatic rings. The summed E-state index contributed by atoms with van der Waals surface area (Å²) >= 11 is 6.35. The number of hydrogen-bond acceptors (Lipinski definition) is 7. The third-order valence-corrected chi connectivity index (χ3v) is 11.7. The summed E-state index contributed by atoms with van der Waals surface area (Å²) in [5.74, 6) is 0.810. The van der Waals surface area contributed by atoms with Crippen LogP contribution in [0.2, 0.25) is 5.02 Å². The predicted octanol–water partition coefficient (Wildman–Crippen LogP) is 3.68. The largest absolute Gasteiger partial charge is 0.493 e. The maximum absolute atomic E-state index is 14.0. The van der Waals surface area contributed by atoms with Crippen LogP contribution in [0.5, 0.6) is 11.5 Å². The molecule has 5 atom stereocenters. The Bertz CT molecular complexity index is 1670. The number of nitrogens with zero attached hydrogens (tertiary/aromatic N) is 1. The average Bonchev–Trinajstić information content (AvgIpc) is 3.59. The minimum atomic E-state index is -4.02. The van der Waals surface area contributed by atoms with E-state index >= 15 is 0 Å². The van der Waals surface area contributed by atoms with Crippen molar-refractivity contribution in [3.05, 3.63) is 82.8 Å². The van der Waals surface area contributed by atoms with Crippen LogP contribution in [0.3, 0.4) is 0 Å². The van der Waals surface area contributed by atoms with Crippen LogP contribution in [0, 0.1) is 0 Å². The molecular formula is C30H29ClN2O7S. The number of methoxy groups -OCH3 is 1. The summed E-state index contributed by atoms with van der Waals surface area (Å²) in [7, 11) is -2.46. The number of piperidine rings is 1. The van der Waals surface area contributed by atoms with Crippen LogP contribution in [0.4, 0.5) is 0 Å². The number of aliphatic hydroxyl groups is 1. The molecule has 7 rings (SSSR count). The normalized spacial score (nSPS) is 30.1. The molecule has 2 N–H and O–H groups in total. The highest BCUT2D eigenvalue weighted by Gasteiger charge is 2.74. The van der Waals surface area contributed by atoms with Gasteiger partial charge in [-0.25, -0.2) is 8.42 Å². The second-order valence-electron chi connectivity index (χ2n) is 11.1. The van der Waals surface area contributed by atoms with Crippen molar-refractivity contribution in [2.24, 2.45) is 0 Å². The molecule has 1 aromatic heterocycles. The molecule has 3 aromatic rings. The van der Waals surface area contributed by atoms with Crippen LogP contribution >= 0.6 is 11.6 Å². The molecule has 1 amide bonds. The molecule has 1 spiro atoms. The van der Waals surface area contributed by atoms with E-state index in [2.05, 4.69) is 5.32 Å². The Labute approximate surface area is 242 Å². The van der Waals surface area contributed by atoms with E-state index in [4.69, 9.17) is 25.5 Å². The lowest BCUT2D eigenvalue weighted by atomic mass is 9.48. The second-order valence-corrected chi connectivity index (χ2v) is 13.4. The first-order valence-corrected chi connectivity index (χ1v) is 15.4. The van der Waals surface area contributed by atoms with Crippen molar-refractivity contribution in [2.45, 2.75) is 59.8 Å². The summed E-state index contributed by atoms with van der Waals surface area (Å²) in [6.07, 6.45) is 6.86. The van der Waals surface area contributed by atoms with Gasteiger partial charge in [0.25, 0.3) is 0 Å². The number of ether oxygens (including phenoxy) is 2. The summed E-state index contributed by atoms with van der Waals surface area (Å²) in [5, 5.41) is 15.9. The number of benzene rings is 2. The Hall–Kier alpha value is -3.31. The van der Waals surface area contributed by atoms with Crippen molar-refractivity contribution in [3.63, 3.8) is 0 Å². The van der Waals surface area contributed by atoms with Gasteiger partial charge >= 0.3 is 0 Å². The SMILES string of the molecule is COc1ccc2c3c1O[C@@H]1[C@@H](NC(=O)/C=C/c4ccoc4)CC[C@]4(O)[C@H](C2)N(S(=O)(=O)c2ccccc2Cl)CC[C@@]314. The minimum Gasteiger partial charge on any atom is -0.493 e. The van der Waals surface area contributed by atoms with E-state index in [0.717, 1.165) is 16.7 Å². The third-order valence-electron chi connectivity index (χ3n) is 9.34. The standard InChI is InChI=1S/C30H29ClN2O7S/c1-38-22-8-7-19-16-24-30(35)12-10-21(32-25(34)9-6-18-11-15-39-17-18)28-29(30,26(19)27(22)40-28)13-14-33(24)41(36,37)23-5-3-2-4-20(23)31/h2-9,11,15,17,21,24,28,35H,10,12-14,16H2,1H3,(H,32,34)/b9-6+/t21-,24-,28+,29+,30-/m0/s1. The Morgan fingerprint density at radius 2 is 2.05 bits per heavy atom. The van der Waals surface area contributed by atoms with E-state index in [0.29, 0.717) is 30.8 Å². The molecular weight excluding hydrogens is 568 g/mol. The number of furan rings is 1. The summed E-state index contributed by atoms with van der Waals surface area (Å²) in [6, 6.07) is 10.7. The van der Waals surface area contributed by atoms with E-state index < -0.39 is 39.2 Å². The van der Waals surface area contributed by atoms with Crippen LogP contribution in [0.25, 0.3) is 6.08 Å². The van der Waals surface area contributed by atoms with Gasteiger partial charge in [0, 0.05) is 23.7 Å². The van der Waals surface area contributed by atoms with Gasteiger partial charge in [0.15, 0.2) is 11.5 Å². The predicted molar refractivity (Wildman–Crippen MR) is 150 cm³/mol. The van der Waals surface area contributed by atoms with Gasteiger partial charge in [0.2, 0.25) is 15.9 Å². The van der Waals surface area contributed by atoms with Gasteiger partial charge in [-0.05, 0) is 61.6 Å². The van der Waals surface area contributed by atoms with Crippen molar-refractivity contribution in [1.82, 2.24) is 9.62 Å². The number of carbonyl (C=O) groups excluding carboxylic acids is 1. The zero-order valence-corrected chi connectivity index (χ0v) is 23.8. The van der Waals surface area contributed by atoms with Crippen molar-refractivity contribution in [3.8, 4) is 11.5 Å². The average molecular weight is 597 g/mol. The van der Waals surface area contributed by atoms with Gasteiger partial charge < -0.3 is 24.3 Å². The number of sulfonamides is 1. The molecule has 2 bridgehead atoms. The number of halogens is 1. The molecule has 214 valence electrons. The monoisotopic (exact) mass is 596 g/mol. The van der Waals surface area contributed by atoms with Crippen LogP contribution in [0.1, 0.15) is 36.0 Å². The van der Waals surface area contributed by atoms with E-state index in [1.807, 2.05) is 12.1 Å². The lowest BCUT2D eigenvalue weighted by Crippen LogP contribution is -2.78. The van der Waals surface area contributed by atoms with E-state index in [9.17, 15) is 18.3 Å². The van der Waals surface area contributed by atoms with Crippen LogP contribution in [-0.2, 0) is 26.7 Å². The molecule has 11 heteroatoms. The molecule has 0 radical (unpaired) electrons. The first-order valence-electron chi connectivity index (χ1n) is 13.6. The van der Waals surface area contributed by atoms with Crippen LogP contribution in [0.15, 0.2) is 70.4 Å². The highest BCUT2D eigenvalue weighted by molar-refractivity contribution is 7.89. The zero-order chi connectivity index (χ0) is 28.6. The first-order chi connectivity index (χ1) is 19.7. The maximum Gasteiger partial charge on any atom is 0.244 e. The van der Waals surface area contributed by atoms with Crippen LogP contribution in [-0.4, -0.2) is 61.2 Å². The molecule has 2 aliphatic carbocycles. The Balaban J connectivity index is 1.30. The molecule has 3 heterocycles. The first kappa shape index (κ1) is 26.6. The van der Waals surface area contributed by atoms with Gasteiger partial charge in [-0.2, -0.15) is 4.31 Å². The van der Waals surface area contributed by atoms with Crippen molar-refractivity contribution in [2.75, 3.05) is 13.7 Å². The number of carbonyl (C=O) groups is 1. The zero-order valence-electron chi connectivity index (χ0n) is 22.2. The fraction of sp³-hybridized carbons (Fsp3) is 0.367. The minimum absolute atomic E-state index is 0.0204. The van der Waals surface area contributed by atoms with E-state index in [-0.39, 0.29) is 28.8 Å². The number of nitrogens with one attached hydrogen (secondary N) is 1. The van der Waals surface area contributed by atoms with Crippen molar-refractivity contribution in [1.29, 1.82) is 0 Å². The summed E-state index contributed by atoms with van der Waals surface area (Å²) in [4.78, 5) is 13.0. The van der Waals surface area contributed by atoms with Gasteiger partial charge in [-0.1, -0.05) is 29.8 Å². The molecule has 2 aromatic carbocycles. The molecule has 1 saturated heterocycles. The molecule has 0 unspecified atom stereocenters. The van der Waals surface area contributed by atoms with Crippen LogP contribution < -0.4 is 14.8 Å². The lowest BCUT2D eigenvalue weighted by molar-refractivity contribution is -0.177. The summed E-state index contributed by atoms with van der Waals surface area (Å²) < 4.78 is 46.8. The topological polar surface area (TPSA) is 118 Å². The highest BCUT2D eigenvalue weighted by atomic mass is 35.5. The van der Waals surface area contributed by atoms with E-state index in [1.54, 1.807) is 43.7 Å².